The molecule has 1 unspecified atom stereocenters. The largest absolute Gasteiger partial charge is 0.479 e. The molecule has 0 spiro atoms. The molecule has 0 aliphatic carbocycles. The van der Waals surface area contributed by atoms with Crippen molar-refractivity contribution in [2.24, 2.45) is 0 Å². The number of hydrogen-bond acceptors (Lipinski definition) is 4. The van der Waals surface area contributed by atoms with Gasteiger partial charge in [0.05, 0.1) is 6.54 Å². The third-order valence-electron chi connectivity index (χ3n) is 2.67. The maximum Gasteiger partial charge on any atom is 0.337 e. The first-order valence-corrected chi connectivity index (χ1v) is 6.54. The molecule has 0 saturated carbocycles. The first-order valence-electron chi connectivity index (χ1n) is 6.16. The Morgan fingerprint density at radius 3 is 2.65 bits per heavy atom. The number of carboxylic acid groups (broad SMARTS) is 1. The summed E-state index contributed by atoms with van der Waals surface area (Å²) in [5.41, 5.74) is -1.04. The molecule has 0 aliphatic heterocycles. The molecule has 110 valence electrons. The van der Waals surface area contributed by atoms with E-state index < -0.39 is 24.0 Å². The summed E-state index contributed by atoms with van der Waals surface area (Å²) in [5.74, 6) is -1.91. The van der Waals surface area contributed by atoms with Crippen molar-refractivity contribution in [1.82, 2.24) is 10.3 Å². The van der Waals surface area contributed by atoms with Crippen molar-refractivity contribution in [3.63, 3.8) is 0 Å². The Labute approximate surface area is 121 Å². The predicted octanol–water partition coefficient (Wildman–Crippen LogP) is 1.25. The van der Waals surface area contributed by atoms with Crippen LogP contribution in [0.15, 0.2) is 12.1 Å². The molecule has 1 aromatic rings. The second kappa shape index (κ2) is 6.67. The number of nitrogens with one attached hydrogen (secondary N) is 1. The number of carbonyl (C=O) groups excluding carboxylic acids is 1. The highest BCUT2D eigenvalue weighted by atomic mass is 35.5. The number of aliphatic carboxylic acids is 1. The van der Waals surface area contributed by atoms with E-state index >= 15 is 0 Å². The van der Waals surface area contributed by atoms with Crippen LogP contribution in [-0.2, 0) is 11.2 Å². The lowest BCUT2D eigenvalue weighted by Crippen LogP contribution is -2.46. The van der Waals surface area contributed by atoms with Crippen molar-refractivity contribution in [2.45, 2.75) is 32.3 Å². The number of carbonyl (C=O) groups is 2. The van der Waals surface area contributed by atoms with Crippen LogP contribution in [0.2, 0.25) is 5.15 Å². The van der Waals surface area contributed by atoms with E-state index in [2.05, 4.69) is 10.3 Å². The van der Waals surface area contributed by atoms with Crippen LogP contribution in [0.3, 0.4) is 0 Å². The second-order valence-electron chi connectivity index (χ2n) is 4.68. The summed E-state index contributed by atoms with van der Waals surface area (Å²) in [6.45, 7) is 2.69. The summed E-state index contributed by atoms with van der Waals surface area (Å²) in [4.78, 5) is 26.7. The first-order chi connectivity index (χ1) is 9.26. The van der Waals surface area contributed by atoms with Crippen LogP contribution in [0.5, 0.6) is 0 Å². The molecular formula is C13H17ClN2O4. The molecular weight excluding hydrogens is 284 g/mol. The number of aromatic nitrogens is 1. The zero-order valence-corrected chi connectivity index (χ0v) is 12.1. The van der Waals surface area contributed by atoms with E-state index in [1.165, 1.54) is 6.07 Å². The van der Waals surface area contributed by atoms with Gasteiger partial charge in [0.25, 0.3) is 5.91 Å². The van der Waals surface area contributed by atoms with Gasteiger partial charge in [0.1, 0.15) is 5.15 Å². The predicted molar refractivity (Wildman–Crippen MR) is 73.8 cm³/mol. The van der Waals surface area contributed by atoms with Crippen LogP contribution in [0, 0.1) is 0 Å². The van der Waals surface area contributed by atoms with Gasteiger partial charge in [-0.05, 0) is 25.5 Å². The average molecular weight is 301 g/mol. The molecule has 7 heteroatoms. The molecule has 6 nitrogen and oxygen atoms in total. The van der Waals surface area contributed by atoms with Crippen molar-refractivity contribution in [3.05, 3.63) is 28.5 Å². The number of rotatable bonds is 6. The summed E-state index contributed by atoms with van der Waals surface area (Å²) in [6.07, 6.45) is 1.55. The summed E-state index contributed by atoms with van der Waals surface area (Å²) < 4.78 is 0. The van der Waals surface area contributed by atoms with Gasteiger partial charge in [-0.25, -0.2) is 9.78 Å². The molecule has 0 radical (unpaired) electrons. The Kier molecular flexibility index (Phi) is 5.47. The number of nitrogens with zero attached hydrogens (tertiary/aromatic N) is 1. The number of carboxylic acids is 1. The fourth-order valence-electron chi connectivity index (χ4n) is 1.50. The number of pyridine rings is 1. The van der Waals surface area contributed by atoms with Crippen LogP contribution in [0.4, 0.5) is 0 Å². The van der Waals surface area contributed by atoms with E-state index in [-0.39, 0.29) is 10.7 Å². The summed E-state index contributed by atoms with van der Waals surface area (Å²) >= 11 is 5.84. The molecule has 0 fully saturated rings. The Morgan fingerprint density at radius 1 is 1.45 bits per heavy atom. The van der Waals surface area contributed by atoms with Crippen molar-refractivity contribution in [2.75, 3.05) is 6.54 Å². The maximum atomic E-state index is 11.9. The van der Waals surface area contributed by atoms with Crippen molar-refractivity contribution >= 4 is 23.5 Å². The van der Waals surface area contributed by atoms with Gasteiger partial charge >= 0.3 is 5.97 Å². The number of aliphatic hydroxyl groups is 1. The highest BCUT2D eigenvalue weighted by Crippen LogP contribution is 2.13. The van der Waals surface area contributed by atoms with Gasteiger partial charge in [0, 0.05) is 11.3 Å². The monoisotopic (exact) mass is 300 g/mol. The Balaban J connectivity index is 2.80. The van der Waals surface area contributed by atoms with Gasteiger partial charge in [-0.1, -0.05) is 24.9 Å². The first kappa shape index (κ1) is 16.4. The summed E-state index contributed by atoms with van der Waals surface area (Å²) in [5, 5.41) is 20.8. The summed E-state index contributed by atoms with van der Waals surface area (Å²) in [6, 6.07) is 2.99. The van der Waals surface area contributed by atoms with E-state index in [0.717, 1.165) is 13.3 Å². The van der Waals surface area contributed by atoms with Crippen molar-refractivity contribution in [1.29, 1.82) is 0 Å². The van der Waals surface area contributed by atoms with Crippen LogP contribution in [0.1, 0.15) is 36.3 Å². The Hall–Kier alpha value is -1.66. The van der Waals surface area contributed by atoms with E-state index in [4.69, 9.17) is 16.7 Å². The lowest BCUT2D eigenvalue weighted by Gasteiger charge is -2.18. The minimum absolute atomic E-state index is 0.200. The van der Waals surface area contributed by atoms with Crippen molar-refractivity contribution in [3.8, 4) is 0 Å². The topological polar surface area (TPSA) is 99.5 Å². The molecule has 20 heavy (non-hydrogen) atoms. The minimum atomic E-state index is -2.02. The Bertz CT molecular complexity index is 517. The van der Waals surface area contributed by atoms with Gasteiger partial charge in [-0.15, -0.1) is 0 Å². The van der Waals surface area contributed by atoms with Crippen molar-refractivity contribution < 1.29 is 19.8 Å². The zero-order chi connectivity index (χ0) is 15.3. The van der Waals surface area contributed by atoms with Gasteiger partial charge in [0.15, 0.2) is 5.60 Å². The fourth-order valence-corrected chi connectivity index (χ4v) is 1.72. The second-order valence-corrected chi connectivity index (χ2v) is 5.07. The van der Waals surface area contributed by atoms with Crippen LogP contribution < -0.4 is 5.32 Å². The zero-order valence-electron chi connectivity index (χ0n) is 11.3. The smallest absolute Gasteiger partial charge is 0.337 e. The number of amides is 1. The summed E-state index contributed by atoms with van der Waals surface area (Å²) in [7, 11) is 0. The van der Waals surface area contributed by atoms with E-state index in [1.54, 1.807) is 6.07 Å². The highest BCUT2D eigenvalue weighted by Gasteiger charge is 2.30. The number of aryl methyl sites for hydroxylation is 1. The molecule has 0 bridgehead atoms. The minimum Gasteiger partial charge on any atom is -0.479 e. The van der Waals surface area contributed by atoms with Gasteiger partial charge < -0.3 is 15.5 Å². The van der Waals surface area contributed by atoms with Gasteiger partial charge in [-0.2, -0.15) is 0 Å². The van der Waals surface area contributed by atoms with Crippen LogP contribution >= 0.6 is 11.6 Å². The highest BCUT2D eigenvalue weighted by molar-refractivity contribution is 6.29. The normalized spacial score (nSPS) is 13.6. The third kappa shape index (κ3) is 4.47. The maximum absolute atomic E-state index is 11.9. The average Bonchev–Trinajstić information content (AvgIpc) is 2.35. The van der Waals surface area contributed by atoms with Crippen LogP contribution in [-0.4, -0.2) is 39.2 Å². The molecule has 0 saturated heterocycles. The van der Waals surface area contributed by atoms with Gasteiger partial charge in [-0.3, -0.25) is 4.79 Å². The molecule has 1 aromatic heterocycles. The van der Waals surface area contributed by atoms with E-state index in [0.29, 0.717) is 12.1 Å². The molecule has 0 aromatic carbocycles. The lowest BCUT2D eigenvalue weighted by molar-refractivity contribution is -0.155. The van der Waals surface area contributed by atoms with Crippen LogP contribution in [0.25, 0.3) is 0 Å². The molecule has 1 heterocycles. The van der Waals surface area contributed by atoms with E-state index in [1.807, 2.05) is 6.92 Å². The lowest BCUT2D eigenvalue weighted by atomic mass is 10.1. The standard InChI is InChI=1S/C13H17ClN2O4/c1-3-4-9-5-8(6-10(14)16-9)11(17)15-7-13(2,20)12(18)19/h5-6,20H,3-4,7H2,1-2H3,(H,15,17)(H,18,19). The molecule has 1 atom stereocenters. The Morgan fingerprint density at radius 2 is 2.10 bits per heavy atom. The van der Waals surface area contributed by atoms with Gasteiger partial charge in [0.2, 0.25) is 0 Å². The molecule has 1 amide bonds. The SMILES string of the molecule is CCCc1cc(C(=O)NCC(C)(O)C(=O)O)cc(Cl)n1. The molecule has 1 rings (SSSR count). The quantitative estimate of drug-likeness (QED) is 0.687. The number of halogens is 1. The fraction of sp³-hybridized carbons (Fsp3) is 0.462. The van der Waals surface area contributed by atoms with E-state index in [9.17, 15) is 14.7 Å². The number of hydrogen-bond donors (Lipinski definition) is 3. The molecule has 0 aliphatic rings. The molecule has 3 N–H and O–H groups in total. The third-order valence-corrected chi connectivity index (χ3v) is 2.86.